The van der Waals surface area contributed by atoms with Gasteiger partial charge in [0.2, 0.25) is 0 Å². The second kappa shape index (κ2) is 7.37. The lowest BCUT2D eigenvalue weighted by atomic mass is 10.2. The second-order valence-corrected chi connectivity index (χ2v) is 8.91. The van der Waals surface area contributed by atoms with E-state index in [0.29, 0.717) is 22.8 Å². The van der Waals surface area contributed by atoms with E-state index in [4.69, 9.17) is 4.98 Å². The lowest BCUT2D eigenvalue weighted by Crippen LogP contribution is -2.31. The summed E-state index contributed by atoms with van der Waals surface area (Å²) >= 11 is 1.65. The predicted octanol–water partition coefficient (Wildman–Crippen LogP) is 4.31. The van der Waals surface area contributed by atoms with Crippen LogP contribution in [0.4, 0.5) is 15.2 Å². The summed E-state index contributed by atoms with van der Waals surface area (Å²) < 4.78 is 14.4. The van der Waals surface area contributed by atoms with E-state index in [2.05, 4.69) is 34.2 Å². The lowest BCUT2D eigenvalue weighted by Gasteiger charge is -2.19. The number of nitrogens with one attached hydrogen (secondary N) is 2. The topological polar surface area (TPSA) is 64.3 Å². The number of hydrogen-bond donors (Lipinski definition) is 2. The minimum atomic E-state index is -0.324. The summed E-state index contributed by atoms with van der Waals surface area (Å²) in [7, 11) is 4.23. The van der Waals surface area contributed by atoms with Gasteiger partial charge in [-0.1, -0.05) is 11.3 Å². The number of carbonyl (C=O) groups excluding carboxylic acids is 1. The molecule has 154 valence electrons. The molecule has 1 saturated heterocycles. The lowest BCUT2D eigenvalue weighted by molar-refractivity contribution is 0.102. The maximum atomic E-state index is 13.4. The summed E-state index contributed by atoms with van der Waals surface area (Å²) in [5.74, 6) is -0.584. The molecular formula is C22H22FN5OS. The van der Waals surface area contributed by atoms with Gasteiger partial charge in [0.1, 0.15) is 11.5 Å². The fourth-order valence-electron chi connectivity index (χ4n) is 3.89. The maximum Gasteiger partial charge on any atom is 0.272 e. The van der Waals surface area contributed by atoms with Gasteiger partial charge in [0.25, 0.3) is 5.91 Å². The van der Waals surface area contributed by atoms with Crippen molar-refractivity contribution in [2.45, 2.75) is 12.5 Å². The summed E-state index contributed by atoms with van der Waals surface area (Å²) in [6, 6.07) is 12.4. The average Bonchev–Trinajstić information content (AvgIpc) is 3.44. The molecular weight excluding hydrogens is 401 g/mol. The van der Waals surface area contributed by atoms with Gasteiger partial charge in [-0.3, -0.25) is 4.79 Å². The van der Waals surface area contributed by atoms with Gasteiger partial charge in [0.05, 0.1) is 10.2 Å². The van der Waals surface area contributed by atoms with E-state index in [1.54, 1.807) is 23.5 Å². The minimum absolute atomic E-state index is 0.260. The number of fused-ring (bicyclic) bond motifs is 2. The quantitative estimate of drug-likeness (QED) is 0.513. The van der Waals surface area contributed by atoms with Crippen molar-refractivity contribution in [2.75, 3.05) is 37.4 Å². The molecule has 0 radical (unpaired) electrons. The average molecular weight is 424 g/mol. The van der Waals surface area contributed by atoms with Gasteiger partial charge < -0.3 is 20.1 Å². The molecule has 5 rings (SSSR count). The number of amides is 1. The number of thiazole rings is 1. The summed E-state index contributed by atoms with van der Waals surface area (Å²) in [5.41, 5.74) is 2.76. The molecule has 0 aliphatic carbocycles. The number of H-pyrrole nitrogens is 1. The molecule has 30 heavy (non-hydrogen) atoms. The third-order valence-corrected chi connectivity index (χ3v) is 6.71. The highest BCUT2D eigenvalue weighted by Crippen LogP contribution is 2.33. The molecule has 4 aromatic rings. The van der Waals surface area contributed by atoms with Gasteiger partial charge >= 0.3 is 0 Å². The van der Waals surface area contributed by atoms with Crippen LogP contribution in [0.15, 0.2) is 42.5 Å². The van der Waals surface area contributed by atoms with Gasteiger partial charge in [0, 0.05) is 35.7 Å². The maximum absolute atomic E-state index is 13.4. The number of benzene rings is 2. The third-order valence-electron chi connectivity index (χ3n) is 5.63. The first-order valence-electron chi connectivity index (χ1n) is 9.88. The number of anilines is 2. The zero-order chi connectivity index (χ0) is 20.8. The molecule has 3 heterocycles. The Hall–Kier alpha value is -2.97. The Morgan fingerprint density at radius 3 is 2.93 bits per heavy atom. The smallest absolute Gasteiger partial charge is 0.272 e. The zero-order valence-electron chi connectivity index (χ0n) is 16.8. The fourth-order valence-corrected chi connectivity index (χ4v) is 4.93. The van der Waals surface area contributed by atoms with Crippen molar-refractivity contribution >= 4 is 49.2 Å². The van der Waals surface area contributed by atoms with E-state index < -0.39 is 0 Å². The normalized spacial score (nSPS) is 16.8. The molecule has 1 amide bonds. The Kier molecular flexibility index (Phi) is 4.67. The first kappa shape index (κ1) is 19.0. The molecule has 2 N–H and O–H groups in total. The van der Waals surface area contributed by atoms with Crippen LogP contribution in [0, 0.1) is 5.82 Å². The van der Waals surface area contributed by atoms with Crippen molar-refractivity contribution in [3.63, 3.8) is 0 Å². The Morgan fingerprint density at radius 1 is 1.27 bits per heavy atom. The van der Waals surface area contributed by atoms with Crippen LogP contribution in [0.3, 0.4) is 0 Å². The van der Waals surface area contributed by atoms with Crippen molar-refractivity contribution in [3.8, 4) is 0 Å². The number of likely N-dealkylation sites (N-methyl/N-ethyl adjacent to an activating group) is 1. The number of halogens is 1. The zero-order valence-corrected chi connectivity index (χ0v) is 17.6. The van der Waals surface area contributed by atoms with Gasteiger partial charge in [-0.2, -0.15) is 0 Å². The van der Waals surface area contributed by atoms with E-state index >= 15 is 0 Å². The van der Waals surface area contributed by atoms with Crippen LogP contribution in [0.5, 0.6) is 0 Å². The molecule has 0 spiro atoms. The highest BCUT2D eigenvalue weighted by Gasteiger charge is 2.26. The monoisotopic (exact) mass is 423 g/mol. The number of aromatic amines is 1. The summed E-state index contributed by atoms with van der Waals surface area (Å²) in [6.07, 6.45) is 1.14. The molecule has 2 aromatic carbocycles. The van der Waals surface area contributed by atoms with Crippen molar-refractivity contribution in [3.05, 3.63) is 54.0 Å². The van der Waals surface area contributed by atoms with Crippen molar-refractivity contribution in [2.24, 2.45) is 0 Å². The number of hydrogen-bond acceptors (Lipinski definition) is 5. The van der Waals surface area contributed by atoms with E-state index in [-0.39, 0.29) is 11.7 Å². The van der Waals surface area contributed by atoms with Crippen LogP contribution < -0.4 is 10.2 Å². The molecule has 6 nitrogen and oxygen atoms in total. The fraction of sp³-hybridized carbons (Fsp3) is 0.273. The van der Waals surface area contributed by atoms with Crippen molar-refractivity contribution < 1.29 is 9.18 Å². The first-order valence-corrected chi connectivity index (χ1v) is 10.7. The predicted molar refractivity (Wildman–Crippen MR) is 120 cm³/mol. The van der Waals surface area contributed by atoms with Crippen molar-refractivity contribution in [1.29, 1.82) is 0 Å². The Morgan fingerprint density at radius 2 is 2.13 bits per heavy atom. The number of aromatic nitrogens is 2. The van der Waals surface area contributed by atoms with Gasteiger partial charge in [0.15, 0.2) is 5.13 Å². The largest absolute Gasteiger partial charge is 0.351 e. The van der Waals surface area contributed by atoms with Crippen LogP contribution in [-0.2, 0) is 0 Å². The molecule has 0 bridgehead atoms. The van der Waals surface area contributed by atoms with E-state index in [1.807, 2.05) is 18.2 Å². The van der Waals surface area contributed by atoms with Crippen LogP contribution in [0.25, 0.3) is 21.1 Å². The number of rotatable bonds is 4. The highest BCUT2D eigenvalue weighted by atomic mass is 32.1. The Balaban J connectivity index is 1.35. The van der Waals surface area contributed by atoms with Crippen LogP contribution in [0.1, 0.15) is 16.9 Å². The second-order valence-electron chi connectivity index (χ2n) is 7.90. The molecule has 1 unspecified atom stereocenters. The molecule has 8 heteroatoms. The molecule has 2 aromatic heterocycles. The molecule has 1 aliphatic rings. The van der Waals surface area contributed by atoms with E-state index in [0.717, 1.165) is 40.4 Å². The van der Waals surface area contributed by atoms with Crippen LogP contribution >= 0.6 is 11.3 Å². The number of carbonyl (C=O) groups is 1. The highest BCUT2D eigenvalue weighted by molar-refractivity contribution is 7.22. The molecule has 0 saturated carbocycles. The summed E-state index contributed by atoms with van der Waals surface area (Å²) in [6.45, 7) is 1.99. The standard InChI is InChI=1S/C22H22FN5OS/c1-27(2)16-7-8-28(12-16)22-26-18-6-4-15(11-20(18)30-22)24-21(29)19-10-13-9-14(23)3-5-17(13)25-19/h3-6,9-11,16,25H,7-8,12H2,1-2H3,(H,24,29). The van der Waals surface area contributed by atoms with Gasteiger partial charge in [-0.25, -0.2) is 9.37 Å². The van der Waals surface area contributed by atoms with E-state index in [1.165, 1.54) is 12.1 Å². The van der Waals surface area contributed by atoms with E-state index in [9.17, 15) is 9.18 Å². The Labute approximate surface area is 177 Å². The SMILES string of the molecule is CN(C)C1CCN(c2nc3ccc(NC(=O)c4cc5cc(F)ccc5[nH]4)cc3s2)C1. The first-order chi connectivity index (χ1) is 14.5. The molecule has 1 atom stereocenters. The van der Waals surface area contributed by atoms with Crippen LogP contribution in [0.2, 0.25) is 0 Å². The summed E-state index contributed by atoms with van der Waals surface area (Å²) in [4.78, 5) is 25.1. The Bertz CT molecular complexity index is 1250. The van der Waals surface area contributed by atoms with Gasteiger partial charge in [-0.05, 0) is 63.0 Å². The van der Waals surface area contributed by atoms with Crippen molar-refractivity contribution in [1.82, 2.24) is 14.9 Å². The minimum Gasteiger partial charge on any atom is -0.351 e. The molecule has 1 fully saturated rings. The third kappa shape index (κ3) is 3.53. The number of nitrogens with zero attached hydrogens (tertiary/aromatic N) is 3. The molecule has 1 aliphatic heterocycles. The summed E-state index contributed by atoms with van der Waals surface area (Å²) in [5, 5.41) is 4.62. The van der Waals surface area contributed by atoms with Gasteiger partial charge in [-0.15, -0.1) is 0 Å². The van der Waals surface area contributed by atoms with Crippen LogP contribution in [-0.4, -0.2) is 54.0 Å².